The molecule has 0 atom stereocenters. The van der Waals surface area contributed by atoms with Gasteiger partial charge in [-0.2, -0.15) is 0 Å². The molecule has 4 rings (SSSR count). The standard InChI is InChI=1S/C29H28N2O3/c1-19-3-13-27(25(15-19)23-9-5-21(17-30)6-10-23)33-29(32)34-28-14-4-20(2)16-26(28)24-11-7-22(18-31)8-12-24/h3-16H,17-18,30-31H2,1-2H3. The van der Waals surface area contributed by atoms with E-state index in [1.807, 2.05) is 86.6 Å². The first-order valence-corrected chi connectivity index (χ1v) is 11.2. The summed E-state index contributed by atoms with van der Waals surface area (Å²) in [6.45, 7) is 4.93. The van der Waals surface area contributed by atoms with Gasteiger partial charge in [0.2, 0.25) is 0 Å². The second-order valence-electron chi connectivity index (χ2n) is 8.26. The lowest BCUT2D eigenvalue weighted by Gasteiger charge is -2.14. The summed E-state index contributed by atoms with van der Waals surface area (Å²) < 4.78 is 11.3. The quantitative estimate of drug-likeness (QED) is 0.271. The van der Waals surface area contributed by atoms with Gasteiger partial charge in [-0.15, -0.1) is 0 Å². The maximum Gasteiger partial charge on any atom is 0.519 e. The summed E-state index contributed by atoms with van der Waals surface area (Å²) >= 11 is 0. The van der Waals surface area contributed by atoms with Crippen molar-refractivity contribution < 1.29 is 14.3 Å². The average molecular weight is 453 g/mol. The van der Waals surface area contributed by atoms with Crippen LogP contribution in [0.25, 0.3) is 22.3 Å². The van der Waals surface area contributed by atoms with Gasteiger partial charge in [-0.1, -0.05) is 71.8 Å². The molecule has 4 N–H and O–H groups in total. The van der Waals surface area contributed by atoms with E-state index in [2.05, 4.69) is 0 Å². The minimum absolute atomic E-state index is 0.428. The van der Waals surface area contributed by atoms with Crippen LogP contribution >= 0.6 is 0 Å². The van der Waals surface area contributed by atoms with E-state index in [1.165, 1.54) is 0 Å². The Labute approximate surface area is 199 Å². The van der Waals surface area contributed by atoms with Crippen molar-refractivity contribution in [2.75, 3.05) is 0 Å². The summed E-state index contributed by atoms with van der Waals surface area (Å²) in [5.41, 5.74) is 19.1. The summed E-state index contributed by atoms with van der Waals surface area (Å²) in [5, 5.41) is 0. The van der Waals surface area contributed by atoms with Crippen molar-refractivity contribution in [3.8, 4) is 33.8 Å². The number of rotatable bonds is 6. The minimum Gasteiger partial charge on any atom is -0.394 e. The van der Waals surface area contributed by atoms with E-state index in [-0.39, 0.29) is 0 Å². The highest BCUT2D eigenvalue weighted by Crippen LogP contribution is 2.34. The van der Waals surface area contributed by atoms with Crippen LogP contribution in [0.5, 0.6) is 11.5 Å². The molecule has 0 radical (unpaired) electrons. The lowest BCUT2D eigenvalue weighted by atomic mass is 10.0. The van der Waals surface area contributed by atoms with E-state index in [0.717, 1.165) is 44.5 Å². The van der Waals surface area contributed by atoms with Crippen LogP contribution in [0, 0.1) is 13.8 Å². The fourth-order valence-corrected chi connectivity index (χ4v) is 3.76. The molecule has 5 nitrogen and oxygen atoms in total. The predicted molar refractivity (Wildman–Crippen MR) is 136 cm³/mol. The average Bonchev–Trinajstić information content (AvgIpc) is 2.86. The molecular weight excluding hydrogens is 424 g/mol. The van der Waals surface area contributed by atoms with E-state index < -0.39 is 6.16 Å². The van der Waals surface area contributed by atoms with Crippen LogP contribution in [0.1, 0.15) is 22.3 Å². The summed E-state index contributed by atoms with van der Waals surface area (Å²) in [6.07, 6.45) is -0.799. The second-order valence-corrected chi connectivity index (χ2v) is 8.26. The lowest BCUT2D eigenvalue weighted by Crippen LogP contribution is -2.15. The normalized spacial score (nSPS) is 10.7. The molecule has 0 spiro atoms. The van der Waals surface area contributed by atoms with Crippen molar-refractivity contribution in [2.24, 2.45) is 11.5 Å². The Morgan fingerprint density at radius 1 is 0.618 bits per heavy atom. The van der Waals surface area contributed by atoms with E-state index >= 15 is 0 Å². The lowest BCUT2D eigenvalue weighted by molar-refractivity contribution is 0.152. The third-order valence-electron chi connectivity index (χ3n) is 5.66. The number of nitrogens with two attached hydrogens (primary N) is 2. The number of carbonyl (C=O) groups excluding carboxylic acids is 1. The van der Waals surface area contributed by atoms with Crippen LogP contribution in [0.4, 0.5) is 4.79 Å². The highest BCUT2D eigenvalue weighted by molar-refractivity contribution is 5.79. The molecule has 0 aromatic heterocycles. The van der Waals surface area contributed by atoms with E-state index in [9.17, 15) is 4.79 Å². The van der Waals surface area contributed by atoms with Gasteiger partial charge < -0.3 is 20.9 Å². The van der Waals surface area contributed by atoms with Crippen molar-refractivity contribution in [3.05, 3.63) is 107 Å². The summed E-state index contributed by atoms with van der Waals surface area (Å²) in [7, 11) is 0. The molecular formula is C29H28N2O3. The summed E-state index contributed by atoms with van der Waals surface area (Å²) in [4.78, 5) is 12.8. The van der Waals surface area contributed by atoms with Crippen LogP contribution < -0.4 is 20.9 Å². The number of benzene rings is 4. The molecule has 5 heteroatoms. The molecule has 34 heavy (non-hydrogen) atoms. The highest BCUT2D eigenvalue weighted by Gasteiger charge is 2.16. The maximum atomic E-state index is 12.8. The van der Waals surface area contributed by atoms with Gasteiger partial charge in [-0.05, 0) is 60.4 Å². The number of hydrogen-bond donors (Lipinski definition) is 2. The number of ether oxygens (including phenoxy) is 2. The molecule has 0 heterocycles. The molecule has 0 aliphatic rings. The zero-order valence-corrected chi connectivity index (χ0v) is 19.4. The number of aryl methyl sites for hydroxylation is 2. The second kappa shape index (κ2) is 10.3. The van der Waals surface area contributed by atoms with E-state index in [0.29, 0.717) is 24.6 Å². The van der Waals surface area contributed by atoms with Crippen molar-refractivity contribution in [1.82, 2.24) is 0 Å². The Balaban J connectivity index is 1.60. The van der Waals surface area contributed by atoms with Gasteiger partial charge in [-0.3, -0.25) is 0 Å². The number of hydrogen-bond acceptors (Lipinski definition) is 5. The van der Waals surface area contributed by atoms with Gasteiger partial charge in [0.1, 0.15) is 11.5 Å². The SMILES string of the molecule is Cc1ccc(OC(=O)Oc2ccc(C)cc2-c2ccc(CN)cc2)c(-c2ccc(CN)cc2)c1. The van der Waals surface area contributed by atoms with Crippen molar-refractivity contribution >= 4 is 6.16 Å². The van der Waals surface area contributed by atoms with Crippen LogP contribution in [-0.2, 0) is 13.1 Å². The van der Waals surface area contributed by atoms with Crippen LogP contribution in [-0.4, -0.2) is 6.16 Å². The van der Waals surface area contributed by atoms with Crippen molar-refractivity contribution in [3.63, 3.8) is 0 Å². The molecule has 0 bridgehead atoms. The summed E-state index contributed by atoms with van der Waals surface area (Å²) in [5.74, 6) is 0.856. The minimum atomic E-state index is -0.799. The Bertz CT molecular complexity index is 1200. The molecule has 0 aliphatic heterocycles. The molecule has 4 aromatic rings. The van der Waals surface area contributed by atoms with Gasteiger partial charge in [0.15, 0.2) is 0 Å². The van der Waals surface area contributed by atoms with Crippen LogP contribution in [0.3, 0.4) is 0 Å². The topological polar surface area (TPSA) is 87.6 Å². The fraction of sp³-hybridized carbons (Fsp3) is 0.138. The van der Waals surface area contributed by atoms with Gasteiger partial charge in [0.25, 0.3) is 0 Å². The molecule has 172 valence electrons. The summed E-state index contributed by atoms with van der Waals surface area (Å²) in [6, 6.07) is 27.1. The zero-order valence-electron chi connectivity index (χ0n) is 19.4. The van der Waals surface area contributed by atoms with Crippen molar-refractivity contribution in [2.45, 2.75) is 26.9 Å². The highest BCUT2D eigenvalue weighted by atomic mass is 16.7. The van der Waals surface area contributed by atoms with Gasteiger partial charge in [-0.25, -0.2) is 4.79 Å². The first kappa shape index (κ1) is 23.2. The first-order chi connectivity index (χ1) is 16.5. The molecule has 0 saturated heterocycles. The van der Waals surface area contributed by atoms with E-state index in [1.54, 1.807) is 12.1 Å². The molecule has 4 aromatic carbocycles. The van der Waals surface area contributed by atoms with Crippen LogP contribution in [0.2, 0.25) is 0 Å². The molecule has 0 unspecified atom stereocenters. The largest absolute Gasteiger partial charge is 0.519 e. The van der Waals surface area contributed by atoms with Crippen molar-refractivity contribution in [1.29, 1.82) is 0 Å². The number of carbonyl (C=O) groups is 1. The Kier molecular flexibility index (Phi) is 7.07. The Morgan fingerprint density at radius 3 is 1.35 bits per heavy atom. The Morgan fingerprint density at radius 2 is 1.00 bits per heavy atom. The third kappa shape index (κ3) is 5.34. The first-order valence-electron chi connectivity index (χ1n) is 11.2. The smallest absolute Gasteiger partial charge is 0.394 e. The fourth-order valence-electron chi connectivity index (χ4n) is 3.76. The molecule has 0 fully saturated rings. The maximum absolute atomic E-state index is 12.8. The third-order valence-corrected chi connectivity index (χ3v) is 5.66. The van der Waals surface area contributed by atoms with E-state index in [4.69, 9.17) is 20.9 Å². The molecule has 0 aliphatic carbocycles. The van der Waals surface area contributed by atoms with Crippen LogP contribution in [0.15, 0.2) is 84.9 Å². The van der Waals surface area contributed by atoms with Gasteiger partial charge >= 0.3 is 6.16 Å². The molecule has 0 amide bonds. The zero-order chi connectivity index (χ0) is 24.1. The van der Waals surface area contributed by atoms with Gasteiger partial charge in [0.05, 0.1) is 0 Å². The monoisotopic (exact) mass is 452 g/mol. The van der Waals surface area contributed by atoms with Gasteiger partial charge in [0, 0.05) is 24.2 Å². The molecule has 0 saturated carbocycles. The Hall–Kier alpha value is -3.93. The predicted octanol–water partition coefficient (Wildman–Crippen LogP) is 6.13.